The standard InChI is InChI=1S/C14H25NO/c1-12(2)6-5-7-14-9-11(15-16-14)13(3,4)8-10(12)14/h10-11,15H,5-9H2,1-4H3/t10-,11-,14+/m1/s1. The predicted molar refractivity (Wildman–Crippen MR) is 64.9 cm³/mol. The molecule has 0 amide bonds. The van der Waals surface area contributed by atoms with Gasteiger partial charge >= 0.3 is 0 Å². The summed E-state index contributed by atoms with van der Waals surface area (Å²) in [6.07, 6.45) is 6.51. The van der Waals surface area contributed by atoms with Crippen LogP contribution in [0.4, 0.5) is 0 Å². The first-order chi connectivity index (χ1) is 7.36. The van der Waals surface area contributed by atoms with Crippen LogP contribution in [0.15, 0.2) is 0 Å². The van der Waals surface area contributed by atoms with Crippen LogP contribution in [0.2, 0.25) is 0 Å². The number of hydroxylamine groups is 1. The lowest BCUT2D eigenvalue weighted by molar-refractivity contribution is -0.149. The first-order valence-electron chi connectivity index (χ1n) is 6.79. The van der Waals surface area contributed by atoms with Gasteiger partial charge in [0.05, 0.1) is 5.60 Å². The molecule has 3 aliphatic rings. The molecule has 0 aromatic carbocycles. The largest absolute Gasteiger partial charge is 0.295 e. The first-order valence-corrected chi connectivity index (χ1v) is 6.79. The SMILES string of the molecule is CC1(C)CCC[C@@]23C[C@@H](NO2)C(C)(C)C[C@H]13. The lowest BCUT2D eigenvalue weighted by atomic mass is 9.51. The molecule has 1 aliphatic heterocycles. The Kier molecular flexibility index (Phi) is 2.09. The van der Waals surface area contributed by atoms with Crippen molar-refractivity contribution in [3.63, 3.8) is 0 Å². The molecule has 16 heavy (non-hydrogen) atoms. The molecule has 1 spiro atoms. The smallest absolute Gasteiger partial charge is 0.0946 e. The molecule has 3 atom stereocenters. The molecule has 2 saturated carbocycles. The maximum absolute atomic E-state index is 6.09. The summed E-state index contributed by atoms with van der Waals surface area (Å²) in [5, 5.41) is 0. The van der Waals surface area contributed by atoms with Gasteiger partial charge in [0.2, 0.25) is 0 Å². The van der Waals surface area contributed by atoms with Crippen LogP contribution >= 0.6 is 0 Å². The van der Waals surface area contributed by atoms with Crippen molar-refractivity contribution < 1.29 is 4.84 Å². The monoisotopic (exact) mass is 223 g/mol. The van der Waals surface area contributed by atoms with E-state index in [1.165, 1.54) is 32.1 Å². The molecule has 3 fully saturated rings. The van der Waals surface area contributed by atoms with Crippen LogP contribution in [0.25, 0.3) is 0 Å². The van der Waals surface area contributed by atoms with Gasteiger partial charge in [0.25, 0.3) is 0 Å². The highest BCUT2D eigenvalue weighted by molar-refractivity contribution is 5.11. The van der Waals surface area contributed by atoms with E-state index in [1.54, 1.807) is 0 Å². The molecule has 1 heterocycles. The molecule has 2 heteroatoms. The predicted octanol–water partition coefficient (Wildman–Crippen LogP) is 3.27. The average Bonchev–Trinajstić information content (AvgIpc) is 2.53. The summed E-state index contributed by atoms with van der Waals surface area (Å²) in [7, 11) is 0. The third kappa shape index (κ3) is 1.32. The highest BCUT2D eigenvalue weighted by atomic mass is 16.7. The van der Waals surface area contributed by atoms with Crippen molar-refractivity contribution in [2.45, 2.75) is 71.4 Å². The summed E-state index contributed by atoms with van der Waals surface area (Å²) in [5.41, 5.74) is 4.34. The molecule has 1 N–H and O–H groups in total. The minimum Gasteiger partial charge on any atom is -0.295 e. The number of hydrogen-bond acceptors (Lipinski definition) is 2. The van der Waals surface area contributed by atoms with Gasteiger partial charge in [-0.15, -0.1) is 0 Å². The first kappa shape index (κ1) is 11.0. The van der Waals surface area contributed by atoms with E-state index in [1.807, 2.05) is 0 Å². The Morgan fingerprint density at radius 2 is 1.75 bits per heavy atom. The van der Waals surface area contributed by atoms with Gasteiger partial charge in [-0.1, -0.05) is 27.7 Å². The van der Waals surface area contributed by atoms with E-state index in [2.05, 4.69) is 33.2 Å². The van der Waals surface area contributed by atoms with Crippen LogP contribution < -0.4 is 5.48 Å². The Hall–Kier alpha value is -0.0800. The van der Waals surface area contributed by atoms with E-state index in [0.717, 1.165) is 5.92 Å². The Morgan fingerprint density at radius 3 is 2.50 bits per heavy atom. The zero-order valence-electron chi connectivity index (χ0n) is 11.1. The van der Waals surface area contributed by atoms with E-state index < -0.39 is 0 Å². The van der Waals surface area contributed by atoms with Crippen molar-refractivity contribution in [2.75, 3.05) is 0 Å². The highest BCUT2D eigenvalue weighted by Gasteiger charge is 2.61. The highest BCUT2D eigenvalue weighted by Crippen LogP contribution is 2.60. The summed E-state index contributed by atoms with van der Waals surface area (Å²) < 4.78 is 0. The quantitative estimate of drug-likeness (QED) is 0.680. The zero-order chi connectivity index (χ0) is 11.6. The Balaban J connectivity index is 1.99. The summed E-state index contributed by atoms with van der Waals surface area (Å²) in [6.45, 7) is 9.68. The second-order valence-corrected chi connectivity index (χ2v) is 7.63. The molecule has 92 valence electrons. The number of rotatable bonds is 0. The zero-order valence-corrected chi connectivity index (χ0v) is 11.1. The van der Waals surface area contributed by atoms with E-state index in [9.17, 15) is 0 Å². The molecular formula is C14H25NO. The Labute approximate surface area is 99.1 Å². The average molecular weight is 223 g/mol. The van der Waals surface area contributed by atoms with Gasteiger partial charge in [0.15, 0.2) is 0 Å². The van der Waals surface area contributed by atoms with Crippen molar-refractivity contribution in [3.8, 4) is 0 Å². The lowest BCUT2D eigenvalue weighted by Crippen LogP contribution is -2.54. The molecule has 2 nitrogen and oxygen atoms in total. The lowest BCUT2D eigenvalue weighted by Gasteiger charge is -2.54. The van der Waals surface area contributed by atoms with Crippen LogP contribution in [0.1, 0.15) is 59.8 Å². The van der Waals surface area contributed by atoms with Crippen molar-refractivity contribution >= 4 is 0 Å². The summed E-state index contributed by atoms with van der Waals surface area (Å²) in [5.74, 6) is 0.731. The van der Waals surface area contributed by atoms with Crippen LogP contribution in [0.3, 0.4) is 0 Å². The second kappa shape index (κ2) is 3.02. The van der Waals surface area contributed by atoms with Gasteiger partial charge in [-0.3, -0.25) is 4.84 Å². The van der Waals surface area contributed by atoms with Gasteiger partial charge in [-0.2, -0.15) is 5.48 Å². The van der Waals surface area contributed by atoms with Gasteiger partial charge in [0.1, 0.15) is 0 Å². The van der Waals surface area contributed by atoms with Crippen LogP contribution in [0.5, 0.6) is 0 Å². The summed E-state index contributed by atoms with van der Waals surface area (Å²) in [6, 6.07) is 0.567. The third-order valence-corrected chi connectivity index (χ3v) is 5.63. The van der Waals surface area contributed by atoms with Crippen LogP contribution in [0, 0.1) is 16.7 Å². The normalized spacial score (nSPS) is 48.8. The summed E-state index contributed by atoms with van der Waals surface area (Å²) in [4.78, 5) is 6.09. The van der Waals surface area contributed by atoms with Gasteiger partial charge < -0.3 is 0 Å². The van der Waals surface area contributed by atoms with E-state index in [4.69, 9.17) is 4.84 Å². The molecule has 2 bridgehead atoms. The van der Waals surface area contributed by atoms with Crippen molar-refractivity contribution in [1.29, 1.82) is 0 Å². The van der Waals surface area contributed by atoms with Crippen LogP contribution in [-0.2, 0) is 4.84 Å². The molecule has 0 aromatic heterocycles. The number of fused-ring (bicyclic) bond motifs is 1. The molecule has 2 aliphatic carbocycles. The Bertz CT molecular complexity index is 310. The minimum absolute atomic E-state index is 0.169. The second-order valence-electron chi connectivity index (χ2n) is 7.63. The number of hydrogen-bond donors (Lipinski definition) is 1. The summed E-state index contributed by atoms with van der Waals surface area (Å²) >= 11 is 0. The van der Waals surface area contributed by atoms with Gasteiger partial charge in [-0.05, 0) is 48.9 Å². The fourth-order valence-electron chi connectivity index (χ4n) is 4.45. The Morgan fingerprint density at radius 1 is 1.00 bits per heavy atom. The minimum atomic E-state index is 0.169. The van der Waals surface area contributed by atoms with Gasteiger partial charge in [-0.25, -0.2) is 0 Å². The molecule has 0 radical (unpaired) electrons. The maximum Gasteiger partial charge on any atom is 0.0946 e. The van der Waals surface area contributed by atoms with Crippen molar-refractivity contribution in [1.82, 2.24) is 5.48 Å². The molecular weight excluding hydrogens is 198 g/mol. The fourth-order valence-corrected chi connectivity index (χ4v) is 4.45. The fraction of sp³-hybridized carbons (Fsp3) is 1.00. The molecule has 0 unspecified atom stereocenters. The van der Waals surface area contributed by atoms with E-state index >= 15 is 0 Å². The molecule has 3 rings (SSSR count). The van der Waals surface area contributed by atoms with Crippen molar-refractivity contribution in [3.05, 3.63) is 0 Å². The van der Waals surface area contributed by atoms with Crippen molar-refractivity contribution in [2.24, 2.45) is 16.7 Å². The number of nitrogens with one attached hydrogen (secondary N) is 1. The van der Waals surface area contributed by atoms with E-state index in [0.29, 0.717) is 16.9 Å². The third-order valence-electron chi connectivity index (χ3n) is 5.63. The van der Waals surface area contributed by atoms with Gasteiger partial charge in [0, 0.05) is 6.04 Å². The van der Waals surface area contributed by atoms with Crippen LogP contribution in [-0.4, -0.2) is 11.6 Å². The maximum atomic E-state index is 6.09. The topological polar surface area (TPSA) is 21.3 Å². The molecule has 0 aromatic rings. The molecule has 1 saturated heterocycles. The van der Waals surface area contributed by atoms with E-state index in [-0.39, 0.29) is 5.60 Å².